The van der Waals surface area contributed by atoms with Gasteiger partial charge in [0.1, 0.15) is 0 Å². The molecule has 0 saturated heterocycles. The van der Waals surface area contributed by atoms with Crippen LogP contribution >= 0.6 is 11.3 Å². The van der Waals surface area contributed by atoms with Gasteiger partial charge < -0.3 is 0 Å². The predicted molar refractivity (Wildman–Crippen MR) is 80.2 cm³/mol. The SMILES string of the molecule is CC(C)(C)c1csc(NC(=O)c2ccc(C(F)(F)F)cc2)n1. The molecule has 2 aromatic rings. The van der Waals surface area contributed by atoms with Crippen molar-refractivity contribution < 1.29 is 18.0 Å². The van der Waals surface area contributed by atoms with Gasteiger partial charge in [-0.2, -0.15) is 13.2 Å². The molecule has 2 rings (SSSR count). The Morgan fingerprint density at radius 1 is 1.14 bits per heavy atom. The van der Waals surface area contributed by atoms with Gasteiger partial charge in [-0.05, 0) is 24.3 Å². The average Bonchev–Trinajstić information content (AvgIpc) is 2.86. The highest BCUT2D eigenvalue weighted by atomic mass is 32.1. The Bertz CT molecular complexity index is 669. The average molecular weight is 328 g/mol. The van der Waals surface area contributed by atoms with E-state index in [1.165, 1.54) is 11.3 Å². The topological polar surface area (TPSA) is 42.0 Å². The van der Waals surface area contributed by atoms with E-state index in [2.05, 4.69) is 10.3 Å². The van der Waals surface area contributed by atoms with Crippen LogP contribution in [-0.4, -0.2) is 10.9 Å². The Morgan fingerprint density at radius 3 is 2.18 bits per heavy atom. The minimum absolute atomic E-state index is 0.131. The van der Waals surface area contributed by atoms with E-state index in [4.69, 9.17) is 0 Å². The maximum Gasteiger partial charge on any atom is 0.416 e. The molecule has 0 saturated carbocycles. The summed E-state index contributed by atoms with van der Waals surface area (Å²) in [6, 6.07) is 4.07. The predicted octanol–water partition coefficient (Wildman–Crippen LogP) is 4.71. The van der Waals surface area contributed by atoms with Crippen molar-refractivity contribution in [3.63, 3.8) is 0 Å². The first-order valence-electron chi connectivity index (χ1n) is 6.52. The van der Waals surface area contributed by atoms with Gasteiger partial charge in [0, 0.05) is 16.4 Å². The van der Waals surface area contributed by atoms with E-state index < -0.39 is 17.6 Å². The Morgan fingerprint density at radius 2 is 1.73 bits per heavy atom. The first-order valence-corrected chi connectivity index (χ1v) is 7.40. The second-order valence-electron chi connectivity index (χ2n) is 5.82. The largest absolute Gasteiger partial charge is 0.416 e. The van der Waals surface area contributed by atoms with Crippen molar-refractivity contribution >= 4 is 22.4 Å². The first-order chi connectivity index (χ1) is 10.1. The summed E-state index contributed by atoms with van der Waals surface area (Å²) >= 11 is 1.28. The lowest BCUT2D eigenvalue weighted by molar-refractivity contribution is -0.137. The number of carbonyl (C=O) groups is 1. The molecule has 1 heterocycles. The second-order valence-corrected chi connectivity index (χ2v) is 6.68. The van der Waals surface area contributed by atoms with Crippen LogP contribution in [0.4, 0.5) is 18.3 Å². The summed E-state index contributed by atoms with van der Waals surface area (Å²) in [7, 11) is 0. The van der Waals surface area contributed by atoms with E-state index in [0.717, 1.165) is 30.0 Å². The molecule has 7 heteroatoms. The summed E-state index contributed by atoms with van der Waals surface area (Å²) in [5.41, 5.74) is 0.0856. The smallest absolute Gasteiger partial charge is 0.298 e. The van der Waals surface area contributed by atoms with Crippen LogP contribution < -0.4 is 5.32 Å². The van der Waals surface area contributed by atoms with Gasteiger partial charge in [0.15, 0.2) is 5.13 Å². The molecule has 1 aromatic heterocycles. The molecule has 0 spiro atoms. The van der Waals surface area contributed by atoms with Crippen LogP contribution in [0.25, 0.3) is 0 Å². The fraction of sp³-hybridized carbons (Fsp3) is 0.333. The van der Waals surface area contributed by atoms with Crippen LogP contribution in [0, 0.1) is 0 Å². The molecular formula is C15H15F3N2OS. The molecule has 22 heavy (non-hydrogen) atoms. The fourth-order valence-electron chi connectivity index (χ4n) is 1.66. The van der Waals surface area contributed by atoms with E-state index in [-0.39, 0.29) is 11.0 Å². The number of carbonyl (C=O) groups excluding carboxylic acids is 1. The summed E-state index contributed by atoms with van der Waals surface area (Å²) in [6.07, 6.45) is -4.41. The van der Waals surface area contributed by atoms with Crippen molar-refractivity contribution in [1.82, 2.24) is 4.98 Å². The number of hydrogen-bond acceptors (Lipinski definition) is 3. The molecule has 0 aliphatic rings. The van der Waals surface area contributed by atoms with Gasteiger partial charge in [-0.15, -0.1) is 11.3 Å². The van der Waals surface area contributed by atoms with Crippen molar-refractivity contribution in [1.29, 1.82) is 0 Å². The number of benzene rings is 1. The molecular weight excluding hydrogens is 313 g/mol. The number of aromatic nitrogens is 1. The number of amides is 1. The van der Waals surface area contributed by atoms with Crippen LogP contribution in [0.15, 0.2) is 29.6 Å². The highest BCUT2D eigenvalue weighted by molar-refractivity contribution is 7.14. The molecule has 0 atom stereocenters. The zero-order valence-electron chi connectivity index (χ0n) is 12.3. The van der Waals surface area contributed by atoms with Crippen molar-refractivity contribution in [3.8, 4) is 0 Å². The van der Waals surface area contributed by atoms with Gasteiger partial charge in [-0.1, -0.05) is 20.8 Å². The van der Waals surface area contributed by atoms with Crippen molar-refractivity contribution in [2.75, 3.05) is 5.32 Å². The lowest BCUT2D eigenvalue weighted by Gasteiger charge is -2.14. The number of nitrogens with one attached hydrogen (secondary N) is 1. The van der Waals surface area contributed by atoms with Gasteiger partial charge >= 0.3 is 6.18 Å². The number of anilines is 1. The van der Waals surface area contributed by atoms with Crippen molar-refractivity contribution in [3.05, 3.63) is 46.5 Å². The molecule has 1 amide bonds. The van der Waals surface area contributed by atoms with Gasteiger partial charge in [-0.3, -0.25) is 10.1 Å². The summed E-state index contributed by atoms with van der Waals surface area (Å²) < 4.78 is 37.4. The molecule has 0 aliphatic heterocycles. The molecule has 1 N–H and O–H groups in total. The third kappa shape index (κ3) is 3.85. The number of rotatable bonds is 2. The molecule has 0 unspecified atom stereocenters. The number of halogens is 3. The highest BCUT2D eigenvalue weighted by Crippen LogP contribution is 2.29. The third-order valence-electron chi connectivity index (χ3n) is 2.97. The Labute approximate surface area is 130 Å². The van der Waals surface area contributed by atoms with Crippen LogP contribution in [0.2, 0.25) is 0 Å². The minimum Gasteiger partial charge on any atom is -0.298 e. The van der Waals surface area contributed by atoms with Gasteiger partial charge in [0.05, 0.1) is 11.3 Å². The number of thiazole rings is 1. The van der Waals surface area contributed by atoms with Crippen LogP contribution in [-0.2, 0) is 11.6 Å². The van der Waals surface area contributed by atoms with E-state index >= 15 is 0 Å². The molecule has 1 aromatic carbocycles. The quantitative estimate of drug-likeness (QED) is 0.867. The Hall–Kier alpha value is -1.89. The van der Waals surface area contributed by atoms with Crippen molar-refractivity contribution in [2.45, 2.75) is 32.4 Å². The summed E-state index contributed by atoms with van der Waals surface area (Å²) in [5.74, 6) is -0.483. The maximum absolute atomic E-state index is 12.5. The number of nitrogens with zero attached hydrogens (tertiary/aromatic N) is 1. The Kier molecular flexibility index (Phi) is 4.28. The van der Waals surface area contributed by atoms with Crippen molar-refractivity contribution in [2.24, 2.45) is 0 Å². The lowest BCUT2D eigenvalue weighted by atomic mass is 9.93. The number of alkyl halides is 3. The standard InChI is InChI=1S/C15H15F3N2OS/c1-14(2,3)11-8-22-13(19-11)20-12(21)9-4-6-10(7-5-9)15(16,17)18/h4-8H,1-3H3,(H,19,20,21). The second kappa shape index (κ2) is 5.72. The van der Waals surface area contributed by atoms with E-state index in [1.54, 1.807) is 0 Å². The molecule has 0 aliphatic carbocycles. The monoisotopic (exact) mass is 328 g/mol. The van der Waals surface area contributed by atoms with E-state index in [9.17, 15) is 18.0 Å². The van der Waals surface area contributed by atoms with Gasteiger partial charge in [0.25, 0.3) is 5.91 Å². The number of hydrogen-bond donors (Lipinski definition) is 1. The minimum atomic E-state index is -4.41. The molecule has 0 bridgehead atoms. The van der Waals surface area contributed by atoms with Crippen LogP contribution in [0.1, 0.15) is 42.4 Å². The molecule has 3 nitrogen and oxygen atoms in total. The summed E-state index contributed by atoms with van der Waals surface area (Å²) in [6.45, 7) is 6.01. The fourth-order valence-corrected chi connectivity index (χ4v) is 2.59. The van der Waals surface area contributed by atoms with Crippen LogP contribution in [0.5, 0.6) is 0 Å². The molecule has 118 valence electrons. The van der Waals surface area contributed by atoms with E-state index in [1.807, 2.05) is 26.2 Å². The summed E-state index contributed by atoms with van der Waals surface area (Å²) in [4.78, 5) is 16.3. The highest BCUT2D eigenvalue weighted by Gasteiger charge is 2.30. The Balaban J connectivity index is 2.11. The van der Waals surface area contributed by atoms with Crippen LogP contribution in [0.3, 0.4) is 0 Å². The zero-order valence-corrected chi connectivity index (χ0v) is 13.1. The zero-order chi connectivity index (χ0) is 16.5. The first kappa shape index (κ1) is 16.5. The third-order valence-corrected chi connectivity index (χ3v) is 3.73. The lowest BCUT2D eigenvalue weighted by Crippen LogP contribution is -2.14. The molecule has 0 radical (unpaired) electrons. The van der Waals surface area contributed by atoms with Gasteiger partial charge in [0.2, 0.25) is 0 Å². The summed E-state index contributed by atoms with van der Waals surface area (Å²) in [5, 5.41) is 4.87. The van der Waals surface area contributed by atoms with Gasteiger partial charge in [-0.25, -0.2) is 4.98 Å². The normalized spacial score (nSPS) is 12.3. The molecule has 0 fully saturated rings. The van der Waals surface area contributed by atoms with E-state index in [0.29, 0.717) is 5.13 Å². The maximum atomic E-state index is 12.5.